The second-order valence-electron chi connectivity index (χ2n) is 0.760. The maximum absolute atomic E-state index is 3.36. The van der Waals surface area contributed by atoms with Gasteiger partial charge in [0.2, 0.25) is 0 Å². The normalized spacial score (nSPS) is 3.91. The van der Waals surface area contributed by atoms with Gasteiger partial charge in [0, 0.05) is 0 Å². The van der Waals surface area contributed by atoms with Crippen LogP contribution in [-0.2, 0) is 0 Å². The van der Waals surface area contributed by atoms with Crippen LogP contribution in [0.5, 0.6) is 0 Å². The molecule has 0 saturated heterocycles. The number of rotatable bonds is 1. The first kappa shape index (κ1) is 22.5. The molecule has 0 bridgehead atoms. The van der Waals surface area contributed by atoms with Crippen LogP contribution in [0.4, 0.5) is 0 Å². The lowest BCUT2D eigenvalue weighted by molar-refractivity contribution is 1.50. The fraction of sp³-hybridized carbons (Fsp3) is 0.182. The van der Waals surface area contributed by atoms with Crippen LogP contribution >= 0.6 is 0 Å². The topological polar surface area (TPSA) is 0 Å². The summed E-state index contributed by atoms with van der Waals surface area (Å²) in [5, 5.41) is 0. The van der Waals surface area contributed by atoms with Crippen LogP contribution in [0.25, 0.3) is 0 Å². The third kappa shape index (κ3) is 271000. The highest BCUT2D eigenvalue weighted by Crippen LogP contribution is 1.52. The summed E-state index contributed by atoms with van der Waals surface area (Å²) in [6.07, 6.45) is 4.78. The van der Waals surface area contributed by atoms with Crippen LogP contribution in [0.1, 0.15) is 13.8 Å². The lowest BCUT2D eigenvalue weighted by Crippen LogP contribution is -1.21. The van der Waals surface area contributed by atoms with E-state index in [-0.39, 0.29) is 0 Å². The van der Waals surface area contributed by atoms with E-state index in [1.54, 1.807) is 12.2 Å². The summed E-state index contributed by atoms with van der Waals surface area (Å²) >= 11 is 0. The van der Waals surface area contributed by atoms with Gasteiger partial charge in [0.15, 0.2) is 0 Å². The molecule has 0 atom stereocenters. The molecule has 1 radical (unpaired) electrons. The molecule has 11 heavy (non-hydrogen) atoms. The van der Waals surface area contributed by atoms with Crippen LogP contribution in [0.3, 0.4) is 0 Å². The quantitative estimate of drug-likeness (QED) is 0.391. The zero-order valence-electron chi connectivity index (χ0n) is 7.97. The van der Waals surface area contributed by atoms with Gasteiger partial charge in [-0.05, 0) is 6.92 Å². The molecular formula is C11H21. The molecule has 0 spiro atoms. The monoisotopic (exact) mass is 153 g/mol. The van der Waals surface area contributed by atoms with Crippen molar-refractivity contribution in [2.45, 2.75) is 13.8 Å². The van der Waals surface area contributed by atoms with Crippen molar-refractivity contribution in [2.75, 3.05) is 0 Å². The molecule has 0 aliphatic carbocycles. The molecule has 0 saturated carbocycles. The average Bonchev–Trinajstić information content (AvgIpc) is 2.12. The van der Waals surface area contributed by atoms with Gasteiger partial charge in [-0.1, -0.05) is 45.2 Å². The predicted molar refractivity (Wildman–Crippen MR) is 58.6 cm³/mol. The van der Waals surface area contributed by atoms with Gasteiger partial charge in [0.25, 0.3) is 0 Å². The van der Waals surface area contributed by atoms with E-state index < -0.39 is 0 Å². The van der Waals surface area contributed by atoms with Crippen molar-refractivity contribution >= 4 is 0 Å². The molecule has 0 unspecified atom stereocenters. The van der Waals surface area contributed by atoms with E-state index in [4.69, 9.17) is 0 Å². The molecule has 0 amide bonds. The summed E-state index contributed by atoms with van der Waals surface area (Å²) in [6.45, 7) is 23.2. The standard InChI is InChI=1S/C4H6.C3H5.C2H6.C2H4/c1-3-4-2;1-3-2;2*1-2/h3-4H,1-2H2;3H,1-2H2;1-2H3;1-2H2. The second-order valence-corrected chi connectivity index (χ2v) is 0.760. The molecule has 0 aromatic carbocycles. The molecular weight excluding hydrogens is 132 g/mol. The molecule has 0 fully saturated rings. The Morgan fingerprint density at radius 1 is 0.818 bits per heavy atom. The van der Waals surface area contributed by atoms with Gasteiger partial charge in [-0.15, -0.1) is 19.7 Å². The van der Waals surface area contributed by atoms with E-state index in [2.05, 4.69) is 39.8 Å². The summed E-state index contributed by atoms with van der Waals surface area (Å²) in [4.78, 5) is 0. The van der Waals surface area contributed by atoms with Gasteiger partial charge < -0.3 is 0 Å². The first-order valence-electron chi connectivity index (χ1n) is 3.47. The molecule has 65 valence electrons. The van der Waals surface area contributed by atoms with Crippen LogP contribution in [0.2, 0.25) is 0 Å². The molecule has 0 heterocycles. The molecule has 0 aromatic heterocycles. The van der Waals surface area contributed by atoms with Crippen molar-refractivity contribution in [3.8, 4) is 0 Å². The largest absolute Gasteiger partial charge is 0.106 e. The Labute approximate surface area is 72.6 Å². The summed E-state index contributed by atoms with van der Waals surface area (Å²) in [5.41, 5.74) is 0. The van der Waals surface area contributed by atoms with Crippen molar-refractivity contribution in [3.05, 3.63) is 58.0 Å². The first-order chi connectivity index (χ1) is 5.33. The number of hydrogen-bond acceptors (Lipinski definition) is 0. The number of hydrogen-bond donors (Lipinski definition) is 0. The Hall–Kier alpha value is -1.04. The highest BCUT2D eigenvalue weighted by atomic mass is 13.4. The molecule has 0 aromatic rings. The zero-order valence-corrected chi connectivity index (χ0v) is 7.97. The van der Waals surface area contributed by atoms with E-state index in [9.17, 15) is 0 Å². The van der Waals surface area contributed by atoms with Gasteiger partial charge >= 0.3 is 0 Å². The molecule has 0 heteroatoms. The van der Waals surface area contributed by atoms with Crippen molar-refractivity contribution in [2.24, 2.45) is 0 Å². The average molecular weight is 153 g/mol. The Morgan fingerprint density at radius 2 is 0.909 bits per heavy atom. The van der Waals surface area contributed by atoms with Crippen LogP contribution in [0.15, 0.2) is 51.1 Å². The van der Waals surface area contributed by atoms with Crippen LogP contribution < -0.4 is 0 Å². The third-order valence-corrected chi connectivity index (χ3v) is 0.167. The summed E-state index contributed by atoms with van der Waals surface area (Å²) in [6, 6.07) is 0. The summed E-state index contributed by atoms with van der Waals surface area (Å²) in [7, 11) is 0. The second kappa shape index (κ2) is 148. The van der Waals surface area contributed by atoms with Crippen molar-refractivity contribution in [1.82, 2.24) is 0 Å². The third-order valence-electron chi connectivity index (χ3n) is 0.167. The first-order valence-corrected chi connectivity index (χ1v) is 3.47. The maximum atomic E-state index is 3.36. The Balaban J connectivity index is -0.0000000315. The van der Waals surface area contributed by atoms with Crippen molar-refractivity contribution in [1.29, 1.82) is 0 Å². The molecule has 0 aliphatic heterocycles. The fourth-order valence-corrected chi connectivity index (χ4v) is 0. The number of allylic oxidation sites excluding steroid dienone is 3. The predicted octanol–water partition coefficient (Wildman–Crippen LogP) is 4.19. The minimum Gasteiger partial charge on any atom is -0.106 e. The SMILES string of the molecule is C=C.C=CC=C.CC.[CH2]C=C. The highest BCUT2D eigenvalue weighted by Gasteiger charge is 1.29. The Bertz CT molecular complexity index is 54.4. The van der Waals surface area contributed by atoms with E-state index >= 15 is 0 Å². The highest BCUT2D eigenvalue weighted by molar-refractivity contribution is 4.88. The van der Waals surface area contributed by atoms with E-state index in [1.165, 1.54) is 6.08 Å². The van der Waals surface area contributed by atoms with Gasteiger partial charge in [0.1, 0.15) is 0 Å². The maximum Gasteiger partial charge on any atom is -0.0319 e. The van der Waals surface area contributed by atoms with E-state index in [0.717, 1.165) is 0 Å². The lowest BCUT2D eigenvalue weighted by atomic mass is 10.6. The smallest absolute Gasteiger partial charge is 0.0319 e. The van der Waals surface area contributed by atoms with Crippen LogP contribution in [0, 0.1) is 6.92 Å². The minimum atomic E-state index is 1.50. The van der Waals surface area contributed by atoms with E-state index in [1.807, 2.05) is 13.8 Å². The van der Waals surface area contributed by atoms with Gasteiger partial charge in [-0.3, -0.25) is 0 Å². The lowest BCUT2D eigenvalue weighted by Gasteiger charge is -1.44. The van der Waals surface area contributed by atoms with Crippen molar-refractivity contribution in [3.63, 3.8) is 0 Å². The minimum absolute atomic E-state index is 1.50. The molecule has 0 N–H and O–H groups in total. The summed E-state index contributed by atoms with van der Waals surface area (Å²) in [5.74, 6) is 0. The zero-order chi connectivity index (χ0) is 10.1. The summed E-state index contributed by atoms with van der Waals surface area (Å²) < 4.78 is 0. The van der Waals surface area contributed by atoms with Crippen LogP contribution in [-0.4, -0.2) is 0 Å². The van der Waals surface area contributed by atoms with Gasteiger partial charge in [-0.25, -0.2) is 0 Å². The molecule has 0 aliphatic rings. The molecule has 0 rings (SSSR count). The molecule has 0 nitrogen and oxygen atoms in total. The van der Waals surface area contributed by atoms with E-state index in [0.29, 0.717) is 0 Å². The fourth-order valence-electron chi connectivity index (χ4n) is 0. The Morgan fingerprint density at radius 3 is 0.909 bits per heavy atom. The van der Waals surface area contributed by atoms with Crippen molar-refractivity contribution < 1.29 is 0 Å². The van der Waals surface area contributed by atoms with Gasteiger partial charge in [-0.2, -0.15) is 0 Å². The van der Waals surface area contributed by atoms with Gasteiger partial charge in [0.05, 0.1) is 0 Å². The Kier molecular flexibility index (Phi) is 302.